The van der Waals surface area contributed by atoms with Gasteiger partial charge in [0.2, 0.25) is 5.88 Å². The van der Waals surface area contributed by atoms with Gasteiger partial charge in [-0.2, -0.15) is 13.2 Å². The molecule has 2 saturated heterocycles. The van der Waals surface area contributed by atoms with Crippen LogP contribution in [0.15, 0.2) is 29.8 Å². The number of thiazole rings is 1. The molecular formula is C19H22F3N3O4S. The van der Waals surface area contributed by atoms with Crippen LogP contribution in [-0.2, 0) is 16.1 Å². The third kappa shape index (κ3) is 5.89. The zero-order chi connectivity index (χ0) is 21.7. The lowest BCUT2D eigenvalue weighted by molar-refractivity contribution is -0.192. The van der Waals surface area contributed by atoms with Gasteiger partial charge in [0.05, 0.1) is 10.7 Å². The number of halogens is 3. The van der Waals surface area contributed by atoms with Crippen molar-refractivity contribution in [2.24, 2.45) is 0 Å². The number of carboxylic acids is 1. The summed E-state index contributed by atoms with van der Waals surface area (Å²) >= 11 is 1.71. The fourth-order valence-electron chi connectivity index (χ4n) is 3.55. The van der Waals surface area contributed by atoms with Gasteiger partial charge in [-0.3, -0.25) is 4.90 Å². The Hall–Kier alpha value is -2.24. The Morgan fingerprint density at radius 3 is 2.80 bits per heavy atom. The number of hydrogen-bond acceptors (Lipinski definition) is 7. The molecule has 4 rings (SSSR count). The lowest BCUT2D eigenvalue weighted by Crippen LogP contribution is -2.42. The topological polar surface area (TPSA) is 84.8 Å². The molecule has 164 valence electrons. The predicted molar refractivity (Wildman–Crippen MR) is 102 cm³/mol. The number of carbonyl (C=O) groups is 1. The molecule has 3 atom stereocenters. The zero-order valence-corrected chi connectivity index (χ0v) is 17.0. The molecule has 30 heavy (non-hydrogen) atoms. The van der Waals surface area contributed by atoms with Gasteiger partial charge < -0.3 is 14.6 Å². The molecule has 4 heterocycles. The second kappa shape index (κ2) is 9.71. The molecule has 0 amide bonds. The highest BCUT2D eigenvalue weighted by Gasteiger charge is 2.45. The van der Waals surface area contributed by atoms with Crippen LogP contribution in [0.5, 0.6) is 5.88 Å². The Bertz CT molecular complexity index is 834. The number of rotatable bonds is 4. The molecule has 0 aliphatic carbocycles. The van der Waals surface area contributed by atoms with Gasteiger partial charge in [-0.25, -0.2) is 14.8 Å². The average Bonchev–Trinajstić information content (AvgIpc) is 3.26. The average molecular weight is 445 g/mol. The summed E-state index contributed by atoms with van der Waals surface area (Å²) < 4.78 is 43.9. The van der Waals surface area contributed by atoms with E-state index in [4.69, 9.17) is 19.4 Å². The summed E-state index contributed by atoms with van der Waals surface area (Å²) in [6, 6.07) is 6.18. The first-order valence-electron chi connectivity index (χ1n) is 9.38. The maximum absolute atomic E-state index is 10.6. The monoisotopic (exact) mass is 445 g/mol. The van der Waals surface area contributed by atoms with Crippen LogP contribution < -0.4 is 4.74 Å². The van der Waals surface area contributed by atoms with E-state index in [0.29, 0.717) is 11.9 Å². The minimum Gasteiger partial charge on any atom is -0.475 e. The number of aryl methyl sites for hydroxylation is 1. The summed E-state index contributed by atoms with van der Waals surface area (Å²) in [5.41, 5.74) is 1.15. The summed E-state index contributed by atoms with van der Waals surface area (Å²) in [4.78, 5) is 20.2. The van der Waals surface area contributed by atoms with Crippen molar-refractivity contribution in [1.82, 2.24) is 14.9 Å². The molecule has 1 N–H and O–H groups in total. The Labute approximate surface area is 175 Å². The van der Waals surface area contributed by atoms with E-state index >= 15 is 0 Å². The van der Waals surface area contributed by atoms with Crippen molar-refractivity contribution < 1.29 is 32.5 Å². The van der Waals surface area contributed by atoms with E-state index in [9.17, 15) is 13.2 Å². The fourth-order valence-corrected chi connectivity index (χ4v) is 4.15. The van der Waals surface area contributed by atoms with Crippen LogP contribution in [-0.4, -0.2) is 63.5 Å². The van der Waals surface area contributed by atoms with Crippen molar-refractivity contribution in [2.45, 2.75) is 50.7 Å². The van der Waals surface area contributed by atoms with E-state index in [1.807, 2.05) is 18.2 Å². The summed E-state index contributed by atoms with van der Waals surface area (Å²) in [5, 5.41) is 10.4. The highest BCUT2D eigenvalue weighted by atomic mass is 32.1. The van der Waals surface area contributed by atoms with Crippen LogP contribution in [0.2, 0.25) is 0 Å². The first kappa shape index (κ1) is 22.4. The molecule has 7 nitrogen and oxygen atoms in total. The molecule has 2 aliphatic rings. The van der Waals surface area contributed by atoms with E-state index in [1.54, 1.807) is 17.5 Å². The van der Waals surface area contributed by atoms with Gasteiger partial charge in [-0.1, -0.05) is 6.07 Å². The van der Waals surface area contributed by atoms with Crippen molar-refractivity contribution in [3.63, 3.8) is 0 Å². The lowest BCUT2D eigenvalue weighted by Gasteiger charge is -2.31. The highest BCUT2D eigenvalue weighted by Crippen LogP contribution is 2.32. The number of aliphatic carboxylic acids is 1. The number of alkyl halides is 3. The molecular weight excluding hydrogens is 423 g/mol. The molecule has 2 fully saturated rings. The van der Waals surface area contributed by atoms with Gasteiger partial charge in [-0.15, -0.1) is 11.3 Å². The molecule has 2 aliphatic heterocycles. The Kier molecular flexibility index (Phi) is 7.27. The predicted octanol–water partition coefficient (Wildman–Crippen LogP) is 3.29. The van der Waals surface area contributed by atoms with Gasteiger partial charge >= 0.3 is 12.1 Å². The van der Waals surface area contributed by atoms with Gasteiger partial charge in [0.25, 0.3) is 0 Å². The Morgan fingerprint density at radius 2 is 2.20 bits per heavy atom. The molecule has 2 aromatic heterocycles. The number of ether oxygens (including phenoxy) is 2. The molecule has 2 aromatic rings. The zero-order valence-electron chi connectivity index (χ0n) is 16.2. The van der Waals surface area contributed by atoms with E-state index in [-0.39, 0.29) is 12.2 Å². The third-order valence-corrected chi connectivity index (χ3v) is 5.59. The number of nitrogens with zero attached hydrogens (tertiary/aromatic N) is 3. The molecule has 0 saturated carbocycles. The summed E-state index contributed by atoms with van der Waals surface area (Å²) in [6.45, 7) is 4.62. The van der Waals surface area contributed by atoms with Crippen LogP contribution in [0.25, 0.3) is 0 Å². The van der Waals surface area contributed by atoms with E-state index in [1.165, 1.54) is 0 Å². The Morgan fingerprint density at radius 1 is 1.43 bits per heavy atom. The fraction of sp³-hybridized carbons (Fsp3) is 0.526. The van der Waals surface area contributed by atoms with Crippen molar-refractivity contribution in [1.29, 1.82) is 0 Å². The maximum atomic E-state index is 10.6. The third-order valence-electron chi connectivity index (χ3n) is 4.77. The van der Waals surface area contributed by atoms with Crippen molar-refractivity contribution in [3.05, 3.63) is 40.5 Å². The van der Waals surface area contributed by atoms with Gasteiger partial charge in [-0.05, 0) is 25.8 Å². The lowest BCUT2D eigenvalue weighted by atomic mass is 10.0. The molecule has 11 heteroatoms. The van der Waals surface area contributed by atoms with Crippen LogP contribution in [0, 0.1) is 6.92 Å². The van der Waals surface area contributed by atoms with Crippen molar-refractivity contribution in [3.8, 4) is 5.88 Å². The quantitative estimate of drug-likeness (QED) is 0.773. The highest BCUT2D eigenvalue weighted by molar-refractivity contribution is 7.09. The maximum Gasteiger partial charge on any atom is 0.490 e. The van der Waals surface area contributed by atoms with Gasteiger partial charge in [0.15, 0.2) is 0 Å². The second-order valence-corrected chi connectivity index (χ2v) is 8.02. The first-order chi connectivity index (χ1) is 14.2. The number of likely N-dealkylation sites (tertiary alicyclic amines) is 1. The molecule has 0 spiro atoms. The van der Waals surface area contributed by atoms with Crippen LogP contribution in [0.4, 0.5) is 13.2 Å². The minimum atomic E-state index is -5.08. The van der Waals surface area contributed by atoms with Crippen molar-refractivity contribution in [2.75, 3.05) is 13.2 Å². The standard InChI is InChI=1S/C17H21N3O2S.C2HF3O2/c1-12-19-13(11-23-12)9-20-10-15(17-14(20)5-4-8-21-17)22-16-6-2-3-7-18-16;3-2(4,5)1(6)7/h2-3,6-7,11,14-15,17H,4-5,8-10H2,1H3;(H,6,7)/t14-,15+,17+;/m1./s1. The van der Waals surface area contributed by atoms with Crippen LogP contribution in [0.1, 0.15) is 23.5 Å². The molecule has 0 aromatic carbocycles. The second-order valence-electron chi connectivity index (χ2n) is 6.96. The van der Waals surface area contributed by atoms with Gasteiger partial charge in [0.1, 0.15) is 12.2 Å². The van der Waals surface area contributed by atoms with Crippen LogP contribution in [0.3, 0.4) is 0 Å². The number of pyridine rings is 1. The van der Waals surface area contributed by atoms with E-state index < -0.39 is 12.1 Å². The Balaban J connectivity index is 0.000000318. The van der Waals surface area contributed by atoms with Crippen LogP contribution >= 0.6 is 11.3 Å². The van der Waals surface area contributed by atoms with Gasteiger partial charge in [0, 0.05) is 43.4 Å². The molecule has 0 radical (unpaired) electrons. The first-order valence-corrected chi connectivity index (χ1v) is 10.3. The summed E-state index contributed by atoms with van der Waals surface area (Å²) in [5.74, 6) is -2.08. The number of carboxylic acid groups (broad SMARTS) is 1. The number of fused-ring (bicyclic) bond motifs is 1. The normalized spacial score (nSPS) is 23.9. The SMILES string of the molecule is Cc1nc(CN2C[C@H](Oc3ccccn3)[C@H]3OCCC[C@H]32)cs1.O=C(O)C(F)(F)F. The molecule has 0 unspecified atom stereocenters. The minimum absolute atomic E-state index is 0.0370. The smallest absolute Gasteiger partial charge is 0.475 e. The summed E-state index contributed by atoms with van der Waals surface area (Å²) in [6.07, 6.45) is -0.875. The number of hydrogen-bond donors (Lipinski definition) is 1. The van der Waals surface area contributed by atoms with E-state index in [0.717, 1.165) is 43.2 Å². The molecule has 0 bridgehead atoms. The largest absolute Gasteiger partial charge is 0.490 e. The van der Waals surface area contributed by atoms with Crippen molar-refractivity contribution >= 4 is 17.3 Å². The summed E-state index contributed by atoms with van der Waals surface area (Å²) in [7, 11) is 0. The van der Waals surface area contributed by atoms with E-state index in [2.05, 4.69) is 27.2 Å². The number of aromatic nitrogens is 2.